The van der Waals surface area contributed by atoms with E-state index >= 15 is 0 Å². The molecule has 1 fully saturated rings. The molecular formula is C10H17NO4. The van der Waals surface area contributed by atoms with E-state index in [1.165, 1.54) is 18.7 Å². The van der Waals surface area contributed by atoms with Gasteiger partial charge < -0.3 is 15.1 Å². The van der Waals surface area contributed by atoms with Gasteiger partial charge in [0.1, 0.15) is 0 Å². The Morgan fingerprint density at radius 1 is 1.47 bits per heavy atom. The molecule has 0 saturated carbocycles. The van der Waals surface area contributed by atoms with Crippen LogP contribution < -0.4 is 0 Å². The first-order chi connectivity index (χ1) is 6.83. The molecule has 86 valence electrons. The summed E-state index contributed by atoms with van der Waals surface area (Å²) in [6, 6.07) is 0. The maximum absolute atomic E-state index is 11.7. The Labute approximate surface area is 88.7 Å². The Morgan fingerprint density at radius 2 is 2.07 bits per heavy atom. The lowest BCUT2D eigenvalue weighted by atomic mass is 9.89. The molecule has 0 aromatic carbocycles. The lowest BCUT2D eigenvalue weighted by molar-refractivity contribution is -0.151. The molecule has 5 heteroatoms. The minimum Gasteiger partial charge on any atom is -0.481 e. The van der Waals surface area contributed by atoms with Crippen molar-refractivity contribution in [2.24, 2.45) is 5.41 Å². The lowest BCUT2D eigenvalue weighted by Crippen LogP contribution is -2.36. The molecule has 1 atom stereocenters. The first-order valence-electron chi connectivity index (χ1n) is 5.02. The second kappa shape index (κ2) is 4.18. The molecule has 1 amide bonds. The molecule has 1 rings (SSSR count). The van der Waals surface area contributed by atoms with Crippen molar-refractivity contribution in [1.29, 1.82) is 0 Å². The van der Waals surface area contributed by atoms with Crippen LogP contribution in [0.4, 0.5) is 0 Å². The van der Waals surface area contributed by atoms with Gasteiger partial charge in [0, 0.05) is 19.5 Å². The van der Waals surface area contributed by atoms with E-state index in [0.717, 1.165) is 0 Å². The van der Waals surface area contributed by atoms with Gasteiger partial charge in [0.05, 0.1) is 11.5 Å². The standard InChI is InChI=1S/C10H17NO4/c1-10(2,9(14)15)5-8(13)11-4-3-7(12)6-11/h7,12H,3-6H2,1-2H3,(H,14,15)/t7-/m0/s1. The van der Waals surface area contributed by atoms with E-state index < -0.39 is 17.5 Å². The first-order valence-corrected chi connectivity index (χ1v) is 5.02. The van der Waals surface area contributed by atoms with Crippen molar-refractivity contribution in [3.8, 4) is 0 Å². The van der Waals surface area contributed by atoms with E-state index in [-0.39, 0.29) is 12.3 Å². The van der Waals surface area contributed by atoms with Gasteiger partial charge in [-0.3, -0.25) is 9.59 Å². The smallest absolute Gasteiger partial charge is 0.309 e. The molecule has 0 aliphatic carbocycles. The number of nitrogens with zero attached hydrogens (tertiary/aromatic N) is 1. The van der Waals surface area contributed by atoms with Crippen molar-refractivity contribution in [2.75, 3.05) is 13.1 Å². The number of aliphatic hydroxyl groups excluding tert-OH is 1. The number of amides is 1. The fourth-order valence-corrected chi connectivity index (χ4v) is 1.53. The van der Waals surface area contributed by atoms with Crippen LogP contribution in [0, 0.1) is 5.41 Å². The third kappa shape index (κ3) is 2.92. The van der Waals surface area contributed by atoms with Crippen LogP contribution in [-0.4, -0.2) is 46.2 Å². The number of hydrogen-bond donors (Lipinski definition) is 2. The number of carbonyl (C=O) groups excluding carboxylic acids is 1. The molecule has 0 radical (unpaired) electrons. The quantitative estimate of drug-likeness (QED) is 0.699. The molecule has 0 unspecified atom stereocenters. The summed E-state index contributed by atoms with van der Waals surface area (Å²) >= 11 is 0. The maximum atomic E-state index is 11.7. The predicted molar refractivity (Wildman–Crippen MR) is 53.2 cm³/mol. The Morgan fingerprint density at radius 3 is 2.47 bits per heavy atom. The molecule has 0 spiro atoms. The highest BCUT2D eigenvalue weighted by Crippen LogP contribution is 2.23. The second-order valence-electron chi connectivity index (χ2n) is 4.65. The monoisotopic (exact) mass is 215 g/mol. The van der Waals surface area contributed by atoms with Gasteiger partial charge in [-0.05, 0) is 20.3 Å². The van der Waals surface area contributed by atoms with Gasteiger partial charge in [-0.2, -0.15) is 0 Å². The Bertz CT molecular complexity index is 275. The number of rotatable bonds is 3. The fourth-order valence-electron chi connectivity index (χ4n) is 1.53. The van der Waals surface area contributed by atoms with Crippen LogP contribution in [0.25, 0.3) is 0 Å². The zero-order valence-electron chi connectivity index (χ0n) is 9.06. The van der Waals surface area contributed by atoms with Gasteiger partial charge in [-0.15, -0.1) is 0 Å². The topological polar surface area (TPSA) is 77.8 Å². The van der Waals surface area contributed by atoms with E-state index in [9.17, 15) is 14.7 Å². The van der Waals surface area contributed by atoms with Crippen LogP contribution in [-0.2, 0) is 9.59 Å². The minimum atomic E-state index is -1.04. The average Bonchev–Trinajstić information content (AvgIpc) is 2.50. The summed E-state index contributed by atoms with van der Waals surface area (Å²) in [5.74, 6) is -1.17. The largest absolute Gasteiger partial charge is 0.481 e. The van der Waals surface area contributed by atoms with Crippen LogP contribution in [0.3, 0.4) is 0 Å². The third-order valence-corrected chi connectivity index (χ3v) is 2.69. The minimum absolute atomic E-state index is 0.0188. The summed E-state index contributed by atoms with van der Waals surface area (Å²) in [6.45, 7) is 3.91. The van der Waals surface area contributed by atoms with Crippen molar-refractivity contribution in [1.82, 2.24) is 4.90 Å². The molecular weight excluding hydrogens is 198 g/mol. The number of hydrogen-bond acceptors (Lipinski definition) is 3. The van der Waals surface area contributed by atoms with E-state index in [1.807, 2.05) is 0 Å². The molecule has 0 aromatic rings. The summed E-state index contributed by atoms with van der Waals surface area (Å²) in [7, 11) is 0. The number of aliphatic hydroxyl groups is 1. The van der Waals surface area contributed by atoms with Crippen molar-refractivity contribution < 1.29 is 19.8 Å². The number of carboxylic acid groups (broad SMARTS) is 1. The predicted octanol–water partition coefficient (Wildman–Crippen LogP) is 0.0805. The molecule has 15 heavy (non-hydrogen) atoms. The molecule has 0 bridgehead atoms. The highest BCUT2D eigenvalue weighted by atomic mass is 16.4. The number of aliphatic carboxylic acids is 1. The second-order valence-corrected chi connectivity index (χ2v) is 4.65. The number of likely N-dealkylation sites (tertiary alicyclic amines) is 1. The molecule has 1 aliphatic rings. The maximum Gasteiger partial charge on any atom is 0.309 e. The van der Waals surface area contributed by atoms with Crippen LogP contribution in [0.15, 0.2) is 0 Å². The lowest BCUT2D eigenvalue weighted by Gasteiger charge is -2.22. The molecule has 0 aromatic heterocycles. The normalized spacial score (nSPS) is 21.8. The van der Waals surface area contributed by atoms with E-state index in [1.54, 1.807) is 0 Å². The zero-order chi connectivity index (χ0) is 11.6. The summed E-state index contributed by atoms with van der Waals surface area (Å²) in [4.78, 5) is 24.0. The highest BCUT2D eigenvalue weighted by Gasteiger charge is 2.34. The van der Waals surface area contributed by atoms with Crippen molar-refractivity contribution in [2.45, 2.75) is 32.8 Å². The van der Waals surface area contributed by atoms with Gasteiger partial charge in [0.25, 0.3) is 0 Å². The van der Waals surface area contributed by atoms with Crippen molar-refractivity contribution in [3.63, 3.8) is 0 Å². The Hall–Kier alpha value is -1.10. The molecule has 5 nitrogen and oxygen atoms in total. The molecule has 2 N–H and O–H groups in total. The van der Waals surface area contributed by atoms with Crippen LogP contribution >= 0.6 is 0 Å². The van der Waals surface area contributed by atoms with Crippen LogP contribution in [0.5, 0.6) is 0 Å². The van der Waals surface area contributed by atoms with E-state index in [4.69, 9.17) is 5.11 Å². The fraction of sp³-hybridized carbons (Fsp3) is 0.800. The summed E-state index contributed by atoms with van der Waals surface area (Å²) in [6.07, 6.45) is 0.107. The van der Waals surface area contributed by atoms with Crippen molar-refractivity contribution in [3.05, 3.63) is 0 Å². The van der Waals surface area contributed by atoms with Crippen LogP contribution in [0.2, 0.25) is 0 Å². The highest BCUT2D eigenvalue weighted by molar-refractivity contribution is 5.84. The van der Waals surface area contributed by atoms with Crippen LogP contribution in [0.1, 0.15) is 26.7 Å². The summed E-state index contributed by atoms with van der Waals surface area (Å²) in [5, 5.41) is 18.1. The van der Waals surface area contributed by atoms with Gasteiger partial charge >= 0.3 is 5.97 Å². The summed E-state index contributed by atoms with van der Waals surface area (Å²) < 4.78 is 0. The average molecular weight is 215 g/mol. The third-order valence-electron chi connectivity index (χ3n) is 2.69. The molecule has 1 aliphatic heterocycles. The summed E-state index contributed by atoms with van der Waals surface area (Å²) in [5.41, 5.74) is -1.04. The number of carboxylic acids is 1. The Balaban J connectivity index is 2.52. The SMILES string of the molecule is CC(C)(CC(=O)N1CC[C@H](O)C1)C(=O)O. The van der Waals surface area contributed by atoms with Crippen molar-refractivity contribution >= 4 is 11.9 Å². The van der Waals surface area contributed by atoms with E-state index in [2.05, 4.69) is 0 Å². The first kappa shape index (κ1) is 12.0. The van der Waals surface area contributed by atoms with Gasteiger partial charge in [-0.25, -0.2) is 0 Å². The molecule has 1 heterocycles. The van der Waals surface area contributed by atoms with Gasteiger partial charge in [-0.1, -0.05) is 0 Å². The number of β-amino-alcohol motifs (C(OH)–C–C–N with tert-alkyl or cyclic N) is 1. The number of carbonyl (C=O) groups is 2. The van der Waals surface area contributed by atoms with Gasteiger partial charge in [0.2, 0.25) is 5.91 Å². The zero-order valence-corrected chi connectivity index (χ0v) is 9.06. The van der Waals surface area contributed by atoms with E-state index in [0.29, 0.717) is 19.5 Å². The van der Waals surface area contributed by atoms with Gasteiger partial charge in [0.15, 0.2) is 0 Å². The molecule has 1 saturated heterocycles. The Kier molecular flexibility index (Phi) is 3.34.